The monoisotopic (exact) mass is 531 g/mol. The lowest BCUT2D eigenvalue weighted by molar-refractivity contribution is -0.0681. The topological polar surface area (TPSA) is 68.7 Å². The number of nitrogens with zero attached hydrogens (tertiary/aromatic N) is 1. The van der Waals surface area contributed by atoms with Gasteiger partial charge in [-0.1, -0.05) is 68.5 Å². The maximum absolute atomic E-state index is 11.7. The van der Waals surface area contributed by atoms with Crippen LogP contribution in [0.25, 0.3) is 20.8 Å². The highest BCUT2D eigenvalue weighted by atomic mass is 32.1. The predicted molar refractivity (Wildman–Crippen MR) is 159 cm³/mol. The Kier molecular flexibility index (Phi) is 12.4. The number of aliphatic hydroxyl groups excluding tert-OH is 1. The van der Waals surface area contributed by atoms with Gasteiger partial charge in [0.25, 0.3) is 5.79 Å². The van der Waals surface area contributed by atoms with Crippen LogP contribution in [0.15, 0.2) is 92.0 Å². The molecule has 5 nitrogen and oxygen atoms in total. The number of fused-ring (bicyclic) bond motifs is 2. The molecule has 0 radical (unpaired) electrons. The molecule has 0 saturated carbocycles. The number of thiazole rings is 1. The summed E-state index contributed by atoms with van der Waals surface area (Å²) in [5.74, 6) is 0.0644. The van der Waals surface area contributed by atoms with Crippen LogP contribution in [0.2, 0.25) is 0 Å². The summed E-state index contributed by atoms with van der Waals surface area (Å²) in [6.07, 6.45) is 8.10. The highest BCUT2D eigenvalue weighted by Gasteiger charge is 2.40. The van der Waals surface area contributed by atoms with Crippen molar-refractivity contribution in [2.45, 2.75) is 45.8 Å². The molecule has 3 aromatic carbocycles. The number of aliphatic hydroxyl groups is 1. The Bertz CT molecular complexity index is 1270. The SMILES string of the molecule is C=CCCCC=C.CC.CC1(c2ccccc2)Oc2cc(-c3nc4ccccc4s3)cc(C=O)c2O1.CO. The van der Waals surface area contributed by atoms with Crippen molar-refractivity contribution in [2.24, 2.45) is 0 Å². The lowest BCUT2D eigenvalue weighted by atomic mass is 10.1. The van der Waals surface area contributed by atoms with Crippen LogP contribution < -0.4 is 9.47 Å². The Morgan fingerprint density at radius 3 is 2.18 bits per heavy atom. The van der Waals surface area contributed by atoms with Crippen molar-refractivity contribution in [3.63, 3.8) is 0 Å². The van der Waals surface area contributed by atoms with Crippen LogP contribution in [-0.4, -0.2) is 23.5 Å². The number of ether oxygens (including phenoxy) is 2. The van der Waals surface area contributed by atoms with Crippen molar-refractivity contribution in [1.82, 2.24) is 4.98 Å². The van der Waals surface area contributed by atoms with Gasteiger partial charge in [-0.05, 0) is 43.5 Å². The van der Waals surface area contributed by atoms with Crippen LogP contribution in [0.3, 0.4) is 0 Å². The number of aromatic nitrogens is 1. The molecule has 200 valence electrons. The van der Waals surface area contributed by atoms with Gasteiger partial charge < -0.3 is 14.6 Å². The van der Waals surface area contributed by atoms with Crippen molar-refractivity contribution in [1.29, 1.82) is 0 Å². The van der Waals surface area contributed by atoms with E-state index in [-0.39, 0.29) is 0 Å². The number of hydrogen-bond donors (Lipinski definition) is 1. The minimum absolute atomic E-state index is 0.460. The highest BCUT2D eigenvalue weighted by molar-refractivity contribution is 7.21. The summed E-state index contributed by atoms with van der Waals surface area (Å²) in [6.45, 7) is 13.1. The lowest BCUT2D eigenvalue weighted by Gasteiger charge is -2.23. The molecular formula is C32H37NO4S. The molecule has 4 aromatic rings. The lowest BCUT2D eigenvalue weighted by Crippen LogP contribution is -2.31. The summed E-state index contributed by atoms with van der Waals surface area (Å²) < 4.78 is 13.3. The number of aldehydes is 1. The molecule has 1 aromatic heterocycles. The normalized spacial score (nSPS) is 14.6. The fourth-order valence-electron chi connectivity index (χ4n) is 3.71. The zero-order valence-electron chi connectivity index (χ0n) is 22.6. The Labute approximate surface area is 230 Å². The smallest absolute Gasteiger partial charge is 0.275 e. The van der Waals surface area contributed by atoms with Gasteiger partial charge in [0.2, 0.25) is 0 Å². The molecule has 0 saturated heterocycles. The largest absolute Gasteiger partial charge is 0.444 e. The van der Waals surface area contributed by atoms with Gasteiger partial charge in [-0.25, -0.2) is 4.98 Å². The Morgan fingerprint density at radius 1 is 0.947 bits per heavy atom. The average Bonchev–Trinajstić information content (AvgIpc) is 3.57. The third kappa shape index (κ3) is 7.40. The van der Waals surface area contributed by atoms with Gasteiger partial charge in [0.1, 0.15) is 5.01 Å². The van der Waals surface area contributed by atoms with Crippen LogP contribution in [0, 0.1) is 0 Å². The summed E-state index contributed by atoms with van der Waals surface area (Å²) in [5, 5.41) is 7.85. The minimum atomic E-state index is -0.965. The second kappa shape index (κ2) is 15.5. The molecule has 0 aliphatic carbocycles. The molecule has 1 aliphatic rings. The first kappa shape index (κ1) is 30.5. The second-order valence-corrected chi connectivity index (χ2v) is 9.05. The Morgan fingerprint density at radius 2 is 1.58 bits per heavy atom. The summed E-state index contributed by atoms with van der Waals surface area (Å²) in [6, 6.07) is 21.4. The van der Waals surface area contributed by atoms with Gasteiger partial charge in [-0.15, -0.1) is 24.5 Å². The number of rotatable bonds is 7. The van der Waals surface area contributed by atoms with Crippen molar-refractivity contribution in [3.8, 4) is 22.1 Å². The van der Waals surface area contributed by atoms with Crippen molar-refractivity contribution >= 4 is 27.8 Å². The van der Waals surface area contributed by atoms with E-state index in [0.29, 0.717) is 17.1 Å². The average molecular weight is 532 g/mol. The number of allylic oxidation sites excluding steroid dienone is 2. The standard InChI is InChI=1S/C22H15NO3S.C7H12.C2H6.CH4O/c1-22(16-7-3-2-4-8-16)25-18-12-14(11-15(13-24)20(18)26-22)21-23-17-9-5-6-10-19(17)27-21;1-3-5-7-6-4-2;2*1-2/h2-13H,1H3;3-4H,1-2,5-7H2;1-2H3;2H,1H3. The number of benzene rings is 3. The molecule has 1 unspecified atom stereocenters. The van der Waals surface area contributed by atoms with E-state index in [4.69, 9.17) is 14.6 Å². The number of carbonyl (C=O) groups is 1. The molecule has 38 heavy (non-hydrogen) atoms. The van der Waals surface area contributed by atoms with E-state index in [2.05, 4.69) is 18.1 Å². The van der Waals surface area contributed by atoms with Crippen LogP contribution in [0.4, 0.5) is 0 Å². The van der Waals surface area contributed by atoms with Crippen molar-refractivity contribution in [3.05, 3.63) is 103 Å². The van der Waals surface area contributed by atoms with Gasteiger partial charge in [0.05, 0.1) is 15.8 Å². The van der Waals surface area contributed by atoms with E-state index in [1.807, 2.05) is 99.7 Å². The van der Waals surface area contributed by atoms with E-state index in [1.54, 1.807) is 11.3 Å². The number of para-hydroxylation sites is 1. The molecule has 0 spiro atoms. The quantitative estimate of drug-likeness (QED) is 0.147. The van der Waals surface area contributed by atoms with E-state index in [9.17, 15) is 4.79 Å². The van der Waals surface area contributed by atoms with Gasteiger partial charge in [0.15, 0.2) is 17.8 Å². The van der Waals surface area contributed by atoms with Gasteiger partial charge in [-0.2, -0.15) is 0 Å². The number of unbranched alkanes of at least 4 members (excludes halogenated alkanes) is 2. The Balaban J connectivity index is 0.000000399. The fraction of sp³-hybridized carbons (Fsp3) is 0.250. The number of hydrogen-bond acceptors (Lipinski definition) is 6. The molecule has 2 heterocycles. The van der Waals surface area contributed by atoms with E-state index in [1.165, 1.54) is 6.42 Å². The Hall–Kier alpha value is -3.74. The van der Waals surface area contributed by atoms with Gasteiger partial charge in [-0.3, -0.25) is 4.79 Å². The predicted octanol–water partition coefficient (Wildman–Crippen LogP) is 8.58. The molecule has 0 bridgehead atoms. The van der Waals surface area contributed by atoms with E-state index < -0.39 is 5.79 Å². The highest BCUT2D eigenvalue weighted by Crippen LogP contribution is 2.48. The third-order valence-electron chi connectivity index (χ3n) is 5.47. The molecule has 0 amide bonds. The molecular weight excluding hydrogens is 494 g/mol. The van der Waals surface area contributed by atoms with Crippen molar-refractivity contribution < 1.29 is 19.4 Å². The van der Waals surface area contributed by atoms with Gasteiger partial charge in [0, 0.05) is 25.2 Å². The zero-order valence-corrected chi connectivity index (χ0v) is 23.5. The third-order valence-corrected chi connectivity index (χ3v) is 6.55. The minimum Gasteiger partial charge on any atom is -0.444 e. The van der Waals surface area contributed by atoms with E-state index >= 15 is 0 Å². The van der Waals surface area contributed by atoms with Crippen LogP contribution in [0.1, 0.15) is 56.0 Å². The molecule has 1 N–H and O–H groups in total. The van der Waals surface area contributed by atoms with Crippen LogP contribution >= 0.6 is 11.3 Å². The maximum atomic E-state index is 11.7. The summed E-state index contributed by atoms with van der Waals surface area (Å²) >= 11 is 1.59. The fourth-order valence-corrected chi connectivity index (χ4v) is 4.66. The number of carbonyl (C=O) groups excluding carboxylic acids is 1. The first-order valence-corrected chi connectivity index (χ1v) is 13.5. The van der Waals surface area contributed by atoms with Crippen molar-refractivity contribution in [2.75, 3.05) is 7.11 Å². The van der Waals surface area contributed by atoms with Gasteiger partial charge >= 0.3 is 0 Å². The van der Waals surface area contributed by atoms with E-state index in [0.717, 1.165) is 52.6 Å². The first-order valence-electron chi connectivity index (χ1n) is 12.7. The summed E-state index contributed by atoms with van der Waals surface area (Å²) in [4.78, 5) is 16.4. The molecule has 6 heteroatoms. The maximum Gasteiger partial charge on any atom is 0.275 e. The second-order valence-electron chi connectivity index (χ2n) is 8.02. The zero-order chi connectivity index (χ0) is 28.0. The van der Waals surface area contributed by atoms with Crippen LogP contribution in [-0.2, 0) is 5.79 Å². The molecule has 0 fully saturated rings. The first-order chi connectivity index (χ1) is 18.6. The molecule has 1 aliphatic heterocycles. The van der Waals surface area contributed by atoms with Crippen LogP contribution in [0.5, 0.6) is 11.5 Å². The molecule has 5 rings (SSSR count). The summed E-state index contributed by atoms with van der Waals surface area (Å²) in [5.41, 5.74) is 3.14. The molecule has 1 atom stereocenters. The summed E-state index contributed by atoms with van der Waals surface area (Å²) in [7, 11) is 1.00.